The van der Waals surface area contributed by atoms with Crippen LogP contribution < -0.4 is 5.32 Å². The van der Waals surface area contributed by atoms with Gasteiger partial charge in [0, 0.05) is 25.4 Å². The molecule has 1 saturated heterocycles. The number of benzene rings is 1. The number of nitrogens with zero attached hydrogens (tertiary/aromatic N) is 1. The Hall–Kier alpha value is -1.74. The van der Waals surface area contributed by atoms with Gasteiger partial charge >= 0.3 is 11.8 Å². The summed E-state index contributed by atoms with van der Waals surface area (Å²) < 4.78 is 48.0. The summed E-state index contributed by atoms with van der Waals surface area (Å²) >= 11 is 0. The molecule has 2 rings (SSSR count). The number of alkyl halides is 2. The van der Waals surface area contributed by atoms with Crippen molar-refractivity contribution in [2.24, 2.45) is 5.92 Å². The van der Waals surface area contributed by atoms with Crippen molar-refractivity contribution in [1.82, 2.24) is 4.90 Å². The lowest BCUT2D eigenvalue weighted by Crippen LogP contribution is -2.41. The molecule has 0 saturated carbocycles. The average molecular weight is 348 g/mol. The summed E-state index contributed by atoms with van der Waals surface area (Å²) in [5.74, 6) is -3.33. The van der Waals surface area contributed by atoms with E-state index >= 15 is 0 Å². The topological polar surface area (TPSA) is 86.7 Å². The molecule has 23 heavy (non-hydrogen) atoms. The highest BCUT2D eigenvalue weighted by Gasteiger charge is 2.27. The second-order valence-corrected chi connectivity index (χ2v) is 7.29. The molecular formula is C14H18F2N2O4S. The number of piperidine rings is 1. The molecular weight excluding hydrogens is 330 g/mol. The van der Waals surface area contributed by atoms with Gasteiger partial charge in [0.15, 0.2) is 0 Å². The highest BCUT2D eigenvalue weighted by molar-refractivity contribution is 7.91. The molecule has 0 bridgehead atoms. The first-order chi connectivity index (χ1) is 10.8. The predicted molar refractivity (Wildman–Crippen MR) is 80.0 cm³/mol. The lowest BCUT2D eigenvalue weighted by Gasteiger charge is -2.31. The van der Waals surface area contributed by atoms with Crippen LogP contribution in [0.3, 0.4) is 0 Å². The van der Waals surface area contributed by atoms with Gasteiger partial charge in [-0.2, -0.15) is 8.78 Å². The van der Waals surface area contributed by atoms with Crippen LogP contribution in [0, 0.1) is 5.92 Å². The summed E-state index contributed by atoms with van der Waals surface area (Å²) in [6, 6.07) is 4.38. The van der Waals surface area contributed by atoms with Gasteiger partial charge < -0.3 is 15.3 Å². The molecule has 0 radical (unpaired) electrons. The second-order valence-electron chi connectivity index (χ2n) is 5.38. The van der Waals surface area contributed by atoms with Gasteiger partial charge in [-0.25, -0.2) is 13.2 Å². The van der Waals surface area contributed by atoms with Gasteiger partial charge in [0.05, 0.1) is 4.90 Å². The van der Waals surface area contributed by atoms with Crippen molar-refractivity contribution >= 4 is 21.6 Å². The van der Waals surface area contributed by atoms with Crippen LogP contribution in [0.25, 0.3) is 0 Å². The van der Waals surface area contributed by atoms with Gasteiger partial charge in [-0.1, -0.05) is 6.07 Å². The molecule has 0 aliphatic carbocycles. The fourth-order valence-corrected chi connectivity index (χ4v) is 3.14. The van der Waals surface area contributed by atoms with E-state index in [0.29, 0.717) is 25.9 Å². The zero-order chi connectivity index (χ0) is 17.0. The SMILES string of the molecule is O=C(Nc1cccc(S(=O)(=O)C(F)F)c1)N1CCC(CO)CC1. The number of hydrogen-bond acceptors (Lipinski definition) is 4. The van der Waals surface area contributed by atoms with E-state index in [1.807, 2.05) is 0 Å². The predicted octanol–water partition coefficient (Wildman–Crippen LogP) is 1.92. The third-order valence-corrected chi connectivity index (χ3v) is 5.19. The van der Waals surface area contributed by atoms with Crippen LogP contribution in [0.1, 0.15) is 12.8 Å². The lowest BCUT2D eigenvalue weighted by atomic mass is 9.98. The summed E-state index contributed by atoms with van der Waals surface area (Å²) in [6.07, 6.45) is 1.37. The Bertz CT molecular complexity index is 658. The van der Waals surface area contributed by atoms with E-state index in [4.69, 9.17) is 5.11 Å². The summed E-state index contributed by atoms with van der Waals surface area (Å²) in [7, 11) is -4.70. The Balaban J connectivity index is 2.05. The Morgan fingerprint density at radius 3 is 2.57 bits per heavy atom. The highest BCUT2D eigenvalue weighted by atomic mass is 32.2. The molecule has 1 heterocycles. The minimum atomic E-state index is -4.70. The Labute approximate surface area is 133 Å². The zero-order valence-electron chi connectivity index (χ0n) is 12.3. The molecule has 128 valence electrons. The number of carbonyl (C=O) groups excluding carboxylic acids is 1. The summed E-state index contributed by atoms with van der Waals surface area (Å²) in [6.45, 7) is 1.04. The van der Waals surface area contributed by atoms with Crippen molar-refractivity contribution in [2.45, 2.75) is 23.5 Å². The van der Waals surface area contributed by atoms with Crippen molar-refractivity contribution in [3.8, 4) is 0 Å². The average Bonchev–Trinajstić information content (AvgIpc) is 2.55. The minimum Gasteiger partial charge on any atom is -0.396 e. The van der Waals surface area contributed by atoms with Crippen LogP contribution in [-0.4, -0.2) is 49.9 Å². The number of amides is 2. The zero-order valence-corrected chi connectivity index (χ0v) is 13.1. The van der Waals surface area contributed by atoms with Crippen LogP contribution in [0.2, 0.25) is 0 Å². The number of likely N-dealkylation sites (tertiary alicyclic amines) is 1. The summed E-state index contributed by atoms with van der Waals surface area (Å²) in [5.41, 5.74) is 0.140. The number of rotatable bonds is 4. The maximum Gasteiger partial charge on any atom is 0.341 e. The number of aliphatic hydroxyl groups is 1. The van der Waals surface area contributed by atoms with Gasteiger partial charge in [0.25, 0.3) is 0 Å². The molecule has 6 nitrogen and oxygen atoms in total. The molecule has 1 aliphatic heterocycles. The fourth-order valence-electron chi connectivity index (χ4n) is 2.37. The largest absolute Gasteiger partial charge is 0.396 e. The quantitative estimate of drug-likeness (QED) is 0.870. The standard InChI is InChI=1S/C14H18F2N2O4S/c15-13(16)23(21,22)12-3-1-2-11(8-12)17-14(20)18-6-4-10(9-19)5-7-18/h1-3,8,10,13,19H,4-7,9H2,(H,17,20). The molecule has 1 fully saturated rings. The normalized spacial score (nSPS) is 16.6. The molecule has 1 aliphatic rings. The fraction of sp³-hybridized carbons (Fsp3) is 0.500. The summed E-state index contributed by atoms with van der Waals surface area (Å²) in [5, 5.41) is 11.6. The number of aliphatic hydroxyl groups excluding tert-OH is 1. The molecule has 2 amide bonds. The maximum absolute atomic E-state index is 12.5. The highest BCUT2D eigenvalue weighted by Crippen LogP contribution is 2.22. The van der Waals surface area contributed by atoms with Gasteiger partial charge in [-0.15, -0.1) is 0 Å². The van der Waals surface area contributed by atoms with Gasteiger partial charge in [0.1, 0.15) is 0 Å². The first kappa shape index (κ1) is 17.6. The van der Waals surface area contributed by atoms with Crippen molar-refractivity contribution in [3.63, 3.8) is 0 Å². The van der Waals surface area contributed by atoms with Crippen LogP contribution >= 0.6 is 0 Å². The monoisotopic (exact) mass is 348 g/mol. The van der Waals surface area contributed by atoms with E-state index in [1.54, 1.807) is 4.90 Å². The molecule has 9 heteroatoms. The van der Waals surface area contributed by atoms with Crippen molar-refractivity contribution in [1.29, 1.82) is 0 Å². The summed E-state index contributed by atoms with van der Waals surface area (Å²) in [4.78, 5) is 13.1. The third kappa shape index (κ3) is 4.17. The van der Waals surface area contributed by atoms with Crippen LogP contribution in [-0.2, 0) is 9.84 Å². The first-order valence-electron chi connectivity index (χ1n) is 7.13. The Morgan fingerprint density at radius 1 is 1.35 bits per heavy atom. The van der Waals surface area contributed by atoms with Gasteiger partial charge in [-0.05, 0) is 37.0 Å². The van der Waals surface area contributed by atoms with Crippen LogP contribution in [0.5, 0.6) is 0 Å². The van der Waals surface area contributed by atoms with Crippen molar-refractivity contribution in [2.75, 3.05) is 25.0 Å². The smallest absolute Gasteiger partial charge is 0.341 e. The molecule has 0 aromatic heterocycles. The van der Waals surface area contributed by atoms with E-state index in [1.165, 1.54) is 12.1 Å². The number of sulfone groups is 1. The van der Waals surface area contributed by atoms with E-state index in [2.05, 4.69) is 5.32 Å². The van der Waals surface area contributed by atoms with Crippen LogP contribution in [0.4, 0.5) is 19.3 Å². The molecule has 0 spiro atoms. The lowest BCUT2D eigenvalue weighted by molar-refractivity contribution is 0.143. The number of anilines is 1. The first-order valence-corrected chi connectivity index (χ1v) is 8.68. The van der Waals surface area contributed by atoms with E-state index in [9.17, 15) is 22.0 Å². The second kappa shape index (κ2) is 7.22. The van der Waals surface area contributed by atoms with Gasteiger partial charge in [-0.3, -0.25) is 0 Å². The Morgan fingerprint density at radius 2 is 2.00 bits per heavy atom. The van der Waals surface area contributed by atoms with Crippen LogP contribution in [0.15, 0.2) is 29.2 Å². The molecule has 1 aromatic rings. The molecule has 2 N–H and O–H groups in total. The van der Waals surface area contributed by atoms with E-state index < -0.39 is 26.5 Å². The Kier molecular flexibility index (Phi) is 5.53. The number of urea groups is 1. The number of hydrogen-bond donors (Lipinski definition) is 2. The minimum absolute atomic E-state index is 0.0863. The number of carbonyl (C=O) groups is 1. The maximum atomic E-state index is 12.5. The van der Waals surface area contributed by atoms with Crippen molar-refractivity contribution in [3.05, 3.63) is 24.3 Å². The molecule has 0 atom stereocenters. The molecule has 0 unspecified atom stereocenters. The van der Waals surface area contributed by atoms with Crippen molar-refractivity contribution < 1.29 is 27.1 Å². The number of nitrogens with one attached hydrogen (secondary N) is 1. The molecule has 1 aromatic carbocycles. The van der Waals surface area contributed by atoms with E-state index in [0.717, 1.165) is 12.1 Å². The van der Waals surface area contributed by atoms with Gasteiger partial charge in [0.2, 0.25) is 9.84 Å². The van der Waals surface area contributed by atoms with E-state index in [-0.39, 0.29) is 18.2 Å². The number of halogens is 2. The third-order valence-electron chi connectivity index (χ3n) is 3.81.